The third-order valence-electron chi connectivity index (χ3n) is 2.71. The van der Waals surface area contributed by atoms with Gasteiger partial charge in [0, 0.05) is 11.8 Å². The van der Waals surface area contributed by atoms with Crippen molar-refractivity contribution in [3.63, 3.8) is 0 Å². The molecule has 9 nitrogen and oxygen atoms in total. The van der Waals surface area contributed by atoms with Crippen LogP contribution in [0.1, 0.15) is 16.1 Å². The number of benzene rings is 1. The lowest BCUT2D eigenvalue weighted by Crippen LogP contribution is -2.28. The Morgan fingerprint density at radius 3 is 2.52 bits per heavy atom. The Bertz CT molecular complexity index is 836. The number of nitro benzene ring substituents is 1. The first-order chi connectivity index (χ1) is 9.90. The minimum atomic E-state index is -0.817. The van der Waals surface area contributed by atoms with E-state index in [1.165, 1.54) is 31.2 Å². The van der Waals surface area contributed by atoms with E-state index < -0.39 is 22.1 Å². The summed E-state index contributed by atoms with van der Waals surface area (Å²) in [5.74, 6) is -0.817. The van der Waals surface area contributed by atoms with E-state index in [0.29, 0.717) is 0 Å². The van der Waals surface area contributed by atoms with Crippen LogP contribution in [0.15, 0.2) is 33.9 Å². The first-order valence-corrected chi connectivity index (χ1v) is 5.78. The van der Waals surface area contributed by atoms with Crippen LogP contribution >= 0.6 is 0 Å². The molecule has 1 aromatic carbocycles. The minimum Gasteiger partial charge on any atom is -0.316 e. The number of rotatable bonds is 3. The fourth-order valence-electron chi connectivity index (χ4n) is 1.76. The second-order valence-electron chi connectivity index (χ2n) is 4.14. The summed E-state index contributed by atoms with van der Waals surface area (Å²) in [6, 6.07) is 5.33. The zero-order chi connectivity index (χ0) is 15.6. The Kier molecular flexibility index (Phi) is 3.65. The predicted octanol–water partition coefficient (Wildman–Crippen LogP) is 0.532. The van der Waals surface area contributed by atoms with Gasteiger partial charge in [-0.05, 0) is 13.0 Å². The van der Waals surface area contributed by atoms with Gasteiger partial charge in [0.05, 0.1) is 4.92 Å². The average Bonchev–Trinajstić information content (AvgIpc) is 2.42. The van der Waals surface area contributed by atoms with Gasteiger partial charge in [-0.1, -0.05) is 12.1 Å². The van der Waals surface area contributed by atoms with Gasteiger partial charge in [0.15, 0.2) is 0 Å². The number of nitrogens with one attached hydrogen (secondary N) is 3. The topological polar surface area (TPSA) is 138 Å². The highest BCUT2D eigenvalue weighted by atomic mass is 16.6. The van der Waals surface area contributed by atoms with E-state index in [-0.39, 0.29) is 22.6 Å². The van der Waals surface area contributed by atoms with Crippen molar-refractivity contribution in [2.45, 2.75) is 6.92 Å². The van der Waals surface area contributed by atoms with Crippen molar-refractivity contribution in [1.82, 2.24) is 9.97 Å². The molecule has 0 radical (unpaired) electrons. The summed E-state index contributed by atoms with van der Waals surface area (Å²) >= 11 is 0. The van der Waals surface area contributed by atoms with Crippen LogP contribution in [0.4, 0.5) is 11.4 Å². The Balaban J connectivity index is 2.42. The quantitative estimate of drug-likeness (QED) is 0.559. The van der Waals surface area contributed by atoms with Gasteiger partial charge in [0.25, 0.3) is 17.2 Å². The Morgan fingerprint density at radius 2 is 1.90 bits per heavy atom. The third kappa shape index (κ3) is 2.86. The molecule has 0 saturated heterocycles. The average molecular weight is 290 g/mol. The number of aryl methyl sites for hydroxylation is 1. The maximum absolute atomic E-state index is 12.1. The molecule has 108 valence electrons. The summed E-state index contributed by atoms with van der Waals surface area (Å²) in [5, 5.41) is 13.1. The van der Waals surface area contributed by atoms with Crippen LogP contribution in [0, 0.1) is 17.0 Å². The van der Waals surface area contributed by atoms with Gasteiger partial charge in [-0.15, -0.1) is 0 Å². The number of hydrogen-bond donors (Lipinski definition) is 3. The molecule has 1 heterocycles. The summed E-state index contributed by atoms with van der Waals surface area (Å²) in [6.45, 7) is 1.42. The summed E-state index contributed by atoms with van der Waals surface area (Å²) in [6.07, 6.45) is 0. The second-order valence-corrected chi connectivity index (χ2v) is 4.14. The molecule has 1 aromatic heterocycles. The monoisotopic (exact) mass is 290 g/mol. The molecule has 0 spiro atoms. The third-order valence-corrected chi connectivity index (χ3v) is 2.71. The molecule has 0 unspecified atom stereocenters. The molecular formula is C12H10N4O5. The van der Waals surface area contributed by atoms with Crippen LogP contribution in [0.3, 0.4) is 0 Å². The molecule has 0 aliphatic heterocycles. The maximum Gasteiger partial charge on any atom is 0.326 e. The molecule has 0 aliphatic carbocycles. The smallest absolute Gasteiger partial charge is 0.316 e. The van der Waals surface area contributed by atoms with Crippen LogP contribution in [0.25, 0.3) is 0 Å². The number of nitrogens with zero attached hydrogens (tertiary/aromatic N) is 1. The lowest BCUT2D eigenvalue weighted by atomic mass is 10.1. The molecule has 0 fully saturated rings. The number of aromatic nitrogens is 2. The normalized spacial score (nSPS) is 10.1. The van der Waals surface area contributed by atoms with E-state index >= 15 is 0 Å². The fraction of sp³-hybridized carbons (Fsp3) is 0.0833. The summed E-state index contributed by atoms with van der Waals surface area (Å²) in [5.41, 5.74) is -2.08. The molecule has 0 bridgehead atoms. The van der Waals surface area contributed by atoms with Crippen molar-refractivity contribution < 1.29 is 9.72 Å². The molecule has 0 saturated carbocycles. The van der Waals surface area contributed by atoms with E-state index in [9.17, 15) is 24.5 Å². The largest absolute Gasteiger partial charge is 0.326 e. The molecule has 3 N–H and O–H groups in total. The number of aromatic amines is 2. The van der Waals surface area contributed by atoms with Crippen molar-refractivity contribution >= 4 is 17.3 Å². The molecule has 2 aromatic rings. The molecule has 2 rings (SSSR count). The van der Waals surface area contributed by atoms with Crippen LogP contribution in [-0.2, 0) is 0 Å². The van der Waals surface area contributed by atoms with Gasteiger partial charge in [-0.2, -0.15) is 0 Å². The van der Waals surface area contributed by atoms with Gasteiger partial charge in [0.2, 0.25) is 0 Å². The van der Waals surface area contributed by atoms with E-state index in [1.54, 1.807) is 0 Å². The van der Waals surface area contributed by atoms with E-state index in [2.05, 4.69) is 10.3 Å². The number of carbonyl (C=O) groups excluding carboxylic acids is 1. The summed E-state index contributed by atoms with van der Waals surface area (Å²) < 4.78 is 0. The van der Waals surface area contributed by atoms with Crippen LogP contribution in [0.2, 0.25) is 0 Å². The number of hydrogen-bond acceptors (Lipinski definition) is 5. The number of anilines is 1. The standard InChI is InChI=1S/C12H10N4O5/c1-6-9(11(18)15-12(19)13-6)14-10(17)7-4-2-3-5-8(7)16(20)21/h2-5H,1H3,(H,14,17)(H2,13,15,18,19). The number of nitro groups is 1. The molecule has 0 atom stereocenters. The predicted molar refractivity (Wildman–Crippen MR) is 73.5 cm³/mol. The van der Waals surface area contributed by atoms with Gasteiger partial charge in [-0.3, -0.25) is 24.7 Å². The maximum atomic E-state index is 12.1. The van der Waals surface area contributed by atoms with E-state index in [4.69, 9.17) is 0 Å². The van der Waals surface area contributed by atoms with Crippen molar-refractivity contribution in [3.8, 4) is 0 Å². The van der Waals surface area contributed by atoms with Gasteiger partial charge in [-0.25, -0.2) is 4.79 Å². The highest BCUT2D eigenvalue weighted by Gasteiger charge is 2.20. The van der Waals surface area contributed by atoms with Gasteiger partial charge in [0.1, 0.15) is 11.3 Å². The lowest BCUT2D eigenvalue weighted by Gasteiger charge is -2.07. The minimum absolute atomic E-state index is 0.149. The van der Waals surface area contributed by atoms with Crippen molar-refractivity contribution in [2.75, 3.05) is 5.32 Å². The van der Waals surface area contributed by atoms with Crippen LogP contribution < -0.4 is 16.6 Å². The first-order valence-electron chi connectivity index (χ1n) is 5.78. The lowest BCUT2D eigenvalue weighted by molar-refractivity contribution is -0.385. The van der Waals surface area contributed by atoms with E-state index in [0.717, 1.165) is 0 Å². The SMILES string of the molecule is Cc1[nH]c(=O)[nH]c(=O)c1NC(=O)c1ccccc1[N+](=O)[O-]. The molecule has 0 aliphatic rings. The zero-order valence-corrected chi connectivity index (χ0v) is 10.8. The molecule has 1 amide bonds. The van der Waals surface area contributed by atoms with Crippen molar-refractivity contribution in [3.05, 3.63) is 66.5 Å². The fourth-order valence-corrected chi connectivity index (χ4v) is 1.76. The highest BCUT2D eigenvalue weighted by Crippen LogP contribution is 2.18. The second kappa shape index (κ2) is 5.41. The molecule has 9 heteroatoms. The molecule has 21 heavy (non-hydrogen) atoms. The molecular weight excluding hydrogens is 280 g/mol. The Labute approximate surface area is 116 Å². The Hall–Kier alpha value is -3.23. The summed E-state index contributed by atoms with van der Waals surface area (Å²) in [7, 11) is 0. The summed E-state index contributed by atoms with van der Waals surface area (Å²) in [4.78, 5) is 49.2. The number of carbonyl (C=O) groups is 1. The van der Waals surface area contributed by atoms with Crippen molar-refractivity contribution in [1.29, 1.82) is 0 Å². The number of amides is 1. The van der Waals surface area contributed by atoms with Gasteiger partial charge < -0.3 is 10.3 Å². The highest BCUT2D eigenvalue weighted by molar-refractivity contribution is 6.07. The van der Waals surface area contributed by atoms with Crippen molar-refractivity contribution in [2.24, 2.45) is 0 Å². The number of H-pyrrole nitrogens is 2. The first kappa shape index (κ1) is 14.2. The van der Waals surface area contributed by atoms with Crippen LogP contribution in [0.5, 0.6) is 0 Å². The van der Waals surface area contributed by atoms with E-state index in [1.807, 2.05) is 4.98 Å². The number of para-hydroxylation sites is 1. The van der Waals surface area contributed by atoms with Gasteiger partial charge >= 0.3 is 5.69 Å². The zero-order valence-electron chi connectivity index (χ0n) is 10.8. The Morgan fingerprint density at radius 1 is 1.24 bits per heavy atom. The van der Waals surface area contributed by atoms with Crippen LogP contribution in [-0.4, -0.2) is 20.8 Å².